The maximum atomic E-state index is 12.7. The lowest BCUT2D eigenvalue weighted by atomic mass is 10.0. The van der Waals surface area contributed by atoms with Crippen LogP contribution in [-0.2, 0) is 19.4 Å². The highest BCUT2D eigenvalue weighted by molar-refractivity contribution is 6.08. The molecule has 3 N–H and O–H groups in total. The van der Waals surface area contributed by atoms with E-state index in [1.54, 1.807) is 12.1 Å². The van der Waals surface area contributed by atoms with Crippen molar-refractivity contribution in [2.75, 3.05) is 38.4 Å². The van der Waals surface area contributed by atoms with Gasteiger partial charge in [-0.1, -0.05) is 12.1 Å². The molecule has 1 amide bonds. The van der Waals surface area contributed by atoms with E-state index in [-0.39, 0.29) is 5.91 Å². The normalized spacial score (nSPS) is 13.3. The monoisotopic (exact) mass is 432 g/mol. The smallest absolute Gasteiger partial charge is 0.257 e. The molecule has 0 fully saturated rings. The zero-order valence-corrected chi connectivity index (χ0v) is 18.4. The second-order valence-electron chi connectivity index (χ2n) is 7.87. The maximum Gasteiger partial charge on any atom is 0.257 e. The first-order chi connectivity index (χ1) is 15.6. The van der Waals surface area contributed by atoms with E-state index in [0.29, 0.717) is 28.4 Å². The molecule has 3 aromatic rings. The lowest BCUT2D eigenvalue weighted by Crippen LogP contribution is -2.32. The number of ether oxygens (including phenoxy) is 2. The predicted molar refractivity (Wildman–Crippen MR) is 125 cm³/mol. The molecule has 7 heteroatoms. The molecule has 0 atom stereocenters. The molecule has 0 saturated carbocycles. The van der Waals surface area contributed by atoms with Crippen LogP contribution < -0.4 is 20.5 Å². The number of methoxy groups -OCH3 is 2. The molecule has 7 nitrogen and oxygen atoms in total. The van der Waals surface area contributed by atoms with Crippen LogP contribution in [0.5, 0.6) is 11.5 Å². The zero-order chi connectivity index (χ0) is 22.5. The molecule has 2 aromatic carbocycles. The van der Waals surface area contributed by atoms with E-state index in [0.717, 1.165) is 32.5 Å². The molecule has 32 heavy (non-hydrogen) atoms. The molecule has 1 aliphatic heterocycles. The summed E-state index contributed by atoms with van der Waals surface area (Å²) in [5.41, 5.74) is 11.4. The Morgan fingerprint density at radius 2 is 1.84 bits per heavy atom. The number of carbonyl (C=O) groups excluding carboxylic acids is 1. The number of benzene rings is 2. The summed E-state index contributed by atoms with van der Waals surface area (Å²) in [5, 5.41) is 2.90. The first-order valence-electron chi connectivity index (χ1n) is 10.6. The summed E-state index contributed by atoms with van der Waals surface area (Å²) < 4.78 is 10.5. The fraction of sp³-hybridized carbons (Fsp3) is 0.280. The highest BCUT2D eigenvalue weighted by Gasteiger charge is 2.17. The number of nitrogen functional groups attached to an aromatic ring is 1. The summed E-state index contributed by atoms with van der Waals surface area (Å²) in [5.74, 6) is 0.648. The third-order valence-corrected chi connectivity index (χ3v) is 5.82. The van der Waals surface area contributed by atoms with Crippen molar-refractivity contribution in [1.82, 2.24) is 9.88 Å². The predicted octanol–water partition coefficient (Wildman–Crippen LogP) is 3.53. The number of nitrogens with two attached hydrogens (primary N) is 1. The van der Waals surface area contributed by atoms with Gasteiger partial charge in [0.2, 0.25) is 0 Å². The van der Waals surface area contributed by atoms with E-state index in [9.17, 15) is 4.79 Å². The summed E-state index contributed by atoms with van der Waals surface area (Å²) in [4.78, 5) is 19.4. The lowest BCUT2D eigenvalue weighted by Gasteiger charge is -2.28. The number of pyridine rings is 1. The average Bonchev–Trinajstić information content (AvgIpc) is 2.83. The first-order valence-corrected chi connectivity index (χ1v) is 10.6. The Labute approximate surface area is 188 Å². The molecular weight excluding hydrogens is 404 g/mol. The first kappa shape index (κ1) is 21.6. The van der Waals surface area contributed by atoms with Crippen molar-refractivity contribution in [2.45, 2.75) is 19.4 Å². The SMILES string of the molecule is COc1cc(N)c(C(=O)Nc2ccc(CCN3CCc4ccncc4C3)cc2)cc1OC. The van der Waals surface area contributed by atoms with Crippen molar-refractivity contribution in [3.8, 4) is 11.5 Å². The second-order valence-corrected chi connectivity index (χ2v) is 7.87. The summed E-state index contributed by atoms with van der Waals surface area (Å²) >= 11 is 0. The fourth-order valence-electron chi connectivity index (χ4n) is 3.96. The van der Waals surface area contributed by atoms with Gasteiger partial charge in [-0.15, -0.1) is 0 Å². The number of hydrogen-bond acceptors (Lipinski definition) is 6. The highest BCUT2D eigenvalue weighted by atomic mass is 16.5. The topological polar surface area (TPSA) is 89.7 Å². The molecule has 0 saturated heterocycles. The Kier molecular flexibility index (Phi) is 6.56. The third kappa shape index (κ3) is 4.84. The van der Waals surface area contributed by atoms with Gasteiger partial charge in [0.25, 0.3) is 5.91 Å². The van der Waals surface area contributed by atoms with Crippen LogP contribution in [0.1, 0.15) is 27.0 Å². The van der Waals surface area contributed by atoms with Crippen LogP contribution in [0, 0.1) is 0 Å². The Balaban J connectivity index is 1.35. The maximum absolute atomic E-state index is 12.7. The van der Waals surface area contributed by atoms with Crippen molar-refractivity contribution in [3.63, 3.8) is 0 Å². The average molecular weight is 433 g/mol. The fourth-order valence-corrected chi connectivity index (χ4v) is 3.96. The van der Waals surface area contributed by atoms with Crippen LogP contribution >= 0.6 is 0 Å². The van der Waals surface area contributed by atoms with Gasteiger partial charge in [0.15, 0.2) is 11.5 Å². The van der Waals surface area contributed by atoms with E-state index in [1.807, 2.05) is 36.7 Å². The summed E-state index contributed by atoms with van der Waals surface area (Å²) in [7, 11) is 3.05. The van der Waals surface area contributed by atoms with Crippen LogP contribution in [0.15, 0.2) is 54.9 Å². The van der Waals surface area contributed by atoms with Crippen molar-refractivity contribution >= 4 is 17.3 Å². The van der Waals surface area contributed by atoms with E-state index >= 15 is 0 Å². The van der Waals surface area contributed by atoms with Gasteiger partial charge in [-0.25, -0.2) is 0 Å². The van der Waals surface area contributed by atoms with Gasteiger partial charge < -0.3 is 20.5 Å². The van der Waals surface area contributed by atoms with Gasteiger partial charge in [-0.3, -0.25) is 14.7 Å². The highest BCUT2D eigenvalue weighted by Crippen LogP contribution is 2.32. The van der Waals surface area contributed by atoms with E-state index in [2.05, 4.69) is 21.3 Å². The molecule has 1 aliphatic rings. The lowest BCUT2D eigenvalue weighted by molar-refractivity contribution is 0.102. The largest absolute Gasteiger partial charge is 0.493 e. The molecule has 0 unspecified atom stereocenters. The molecule has 0 spiro atoms. The zero-order valence-electron chi connectivity index (χ0n) is 18.4. The Hall–Kier alpha value is -3.58. The van der Waals surface area contributed by atoms with Crippen LogP contribution in [0.25, 0.3) is 0 Å². The van der Waals surface area contributed by atoms with Gasteiger partial charge in [-0.2, -0.15) is 0 Å². The minimum atomic E-state index is -0.295. The summed E-state index contributed by atoms with van der Waals surface area (Å²) in [6.45, 7) is 3.00. The summed E-state index contributed by atoms with van der Waals surface area (Å²) in [6, 6.07) is 13.2. The minimum Gasteiger partial charge on any atom is -0.493 e. The van der Waals surface area contributed by atoms with Gasteiger partial charge >= 0.3 is 0 Å². The molecule has 1 aromatic heterocycles. The number of carbonyl (C=O) groups is 1. The Morgan fingerprint density at radius 1 is 1.09 bits per heavy atom. The van der Waals surface area contributed by atoms with Gasteiger partial charge in [0.1, 0.15) is 0 Å². The second kappa shape index (κ2) is 9.70. The molecule has 2 heterocycles. The number of aromatic nitrogens is 1. The van der Waals surface area contributed by atoms with Crippen molar-refractivity contribution in [3.05, 3.63) is 77.1 Å². The molecule has 4 rings (SSSR count). The Bertz CT molecular complexity index is 1100. The number of rotatable bonds is 7. The van der Waals surface area contributed by atoms with E-state index in [4.69, 9.17) is 15.2 Å². The third-order valence-electron chi connectivity index (χ3n) is 5.82. The van der Waals surface area contributed by atoms with Crippen LogP contribution in [0.2, 0.25) is 0 Å². The molecular formula is C25H28N4O3. The molecule has 166 valence electrons. The minimum absolute atomic E-state index is 0.295. The van der Waals surface area contributed by atoms with Crippen molar-refractivity contribution in [1.29, 1.82) is 0 Å². The quantitative estimate of drug-likeness (QED) is 0.555. The summed E-state index contributed by atoms with van der Waals surface area (Å²) in [6.07, 6.45) is 5.87. The van der Waals surface area contributed by atoms with Crippen LogP contribution in [0.4, 0.5) is 11.4 Å². The van der Waals surface area contributed by atoms with Crippen LogP contribution in [0.3, 0.4) is 0 Å². The number of nitrogens with one attached hydrogen (secondary N) is 1. The van der Waals surface area contributed by atoms with Crippen LogP contribution in [-0.4, -0.2) is 43.1 Å². The van der Waals surface area contributed by atoms with E-state index in [1.165, 1.54) is 30.9 Å². The molecule has 0 aliphatic carbocycles. The number of fused-ring (bicyclic) bond motifs is 1. The number of nitrogens with zero attached hydrogens (tertiary/aromatic N) is 2. The number of anilines is 2. The molecule has 0 radical (unpaired) electrons. The Morgan fingerprint density at radius 3 is 2.59 bits per heavy atom. The van der Waals surface area contributed by atoms with Crippen molar-refractivity contribution in [2.24, 2.45) is 0 Å². The number of amides is 1. The standard InChI is InChI=1S/C25H28N4O3/c1-31-23-13-21(22(26)14-24(23)32-2)25(30)28-20-5-3-17(4-6-20)8-11-29-12-9-18-7-10-27-15-19(18)16-29/h3-7,10,13-15H,8-9,11-12,16,26H2,1-2H3,(H,28,30). The van der Waals surface area contributed by atoms with Crippen molar-refractivity contribution < 1.29 is 14.3 Å². The van der Waals surface area contributed by atoms with E-state index < -0.39 is 0 Å². The van der Waals surface area contributed by atoms with Gasteiger partial charge in [-0.05, 0) is 53.8 Å². The van der Waals surface area contributed by atoms with Gasteiger partial charge in [0, 0.05) is 49.5 Å². The molecule has 0 bridgehead atoms. The number of hydrogen-bond donors (Lipinski definition) is 2. The van der Waals surface area contributed by atoms with Gasteiger partial charge in [0.05, 0.1) is 19.8 Å².